The second-order valence-corrected chi connectivity index (χ2v) is 6.65. The number of thiophene rings is 1. The predicted molar refractivity (Wildman–Crippen MR) is 90.8 cm³/mol. The number of thioether (sulfide) groups is 1. The van der Waals surface area contributed by atoms with Gasteiger partial charge in [0.25, 0.3) is 0 Å². The zero-order valence-electron chi connectivity index (χ0n) is 11.4. The van der Waals surface area contributed by atoms with Gasteiger partial charge < -0.3 is 4.98 Å². The van der Waals surface area contributed by atoms with Gasteiger partial charge in [-0.25, -0.2) is 9.97 Å². The van der Waals surface area contributed by atoms with Crippen molar-refractivity contribution in [3.05, 3.63) is 53.8 Å². The van der Waals surface area contributed by atoms with Crippen LogP contribution in [0.4, 0.5) is 0 Å². The maximum atomic E-state index is 12.5. The van der Waals surface area contributed by atoms with Gasteiger partial charge in [0.1, 0.15) is 11.4 Å². The maximum absolute atomic E-state index is 12.5. The van der Waals surface area contributed by atoms with Crippen molar-refractivity contribution in [1.82, 2.24) is 15.0 Å². The Morgan fingerprint density at radius 3 is 3.09 bits per heavy atom. The molecule has 22 heavy (non-hydrogen) atoms. The minimum Gasteiger partial charge on any atom is -0.360 e. The third kappa shape index (κ3) is 2.30. The highest BCUT2D eigenvalue weighted by atomic mass is 32.2. The first-order valence-electron chi connectivity index (χ1n) is 6.73. The third-order valence-corrected chi connectivity index (χ3v) is 5.47. The Morgan fingerprint density at radius 2 is 2.14 bits per heavy atom. The topological polar surface area (TPSA) is 58.6 Å². The number of benzene rings is 1. The van der Waals surface area contributed by atoms with Crippen molar-refractivity contribution < 1.29 is 4.79 Å². The summed E-state index contributed by atoms with van der Waals surface area (Å²) in [6.07, 6.45) is 3.34. The Bertz CT molecular complexity index is 974. The summed E-state index contributed by atoms with van der Waals surface area (Å²) in [5, 5.41) is 3.83. The molecule has 0 saturated heterocycles. The molecule has 0 aliphatic heterocycles. The number of hydrogen-bond acceptors (Lipinski definition) is 5. The van der Waals surface area contributed by atoms with Gasteiger partial charge in [0.05, 0.1) is 16.0 Å². The van der Waals surface area contributed by atoms with Crippen molar-refractivity contribution in [2.75, 3.05) is 5.75 Å². The molecule has 1 aromatic carbocycles. The number of H-pyrrole nitrogens is 1. The highest BCUT2D eigenvalue weighted by molar-refractivity contribution is 8.00. The molecule has 0 amide bonds. The monoisotopic (exact) mass is 325 g/mol. The van der Waals surface area contributed by atoms with Crippen LogP contribution in [-0.4, -0.2) is 26.5 Å². The number of para-hydroxylation sites is 1. The lowest BCUT2D eigenvalue weighted by Gasteiger charge is -2.01. The summed E-state index contributed by atoms with van der Waals surface area (Å²) in [7, 11) is 0. The molecule has 4 rings (SSSR count). The van der Waals surface area contributed by atoms with Crippen molar-refractivity contribution in [1.29, 1.82) is 0 Å². The van der Waals surface area contributed by atoms with Gasteiger partial charge in [-0.3, -0.25) is 4.79 Å². The summed E-state index contributed by atoms with van der Waals surface area (Å²) in [5.41, 5.74) is 2.65. The fourth-order valence-corrected chi connectivity index (χ4v) is 4.21. The number of nitrogens with one attached hydrogen (secondary N) is 1. The van der Waals surface area contributed by atoms with Crippen LogP contribution in [-0.2, 0) is 0 Å². The van der Waals surface area contributed by atoms with Crippen LogP contribution in [0.5, 0.6) is 0 Å². The number of aromatic nitrogens is 3. The van der Waals surface area contributed by atoms with Crippen molar-refractivity contribution in [2.24, 2.45) is 0 Å². The molecule has 3 aromatic heterocycles. The Hall–Kier alpha value is -2.18. The number of carbonyl (C=O) groups excluding carboxylic acids is 1. The first-order chi connectivity index (χ1) is 10.8. The van der Waals surface area contributed by atoms with E-state index in [-0.39, 0.29) is 5.78 Å². The molecule has 3 heterocycles. The number of rotatable bonds is 4. The number of hydrogen-bond donors (Lipinski definition) is 1. The average Bonchev–Trinajstić information content (AvgIpc) is 3.19. The number of Topliss-reactive ketones (excluding diaryl/α,β-unsaturated/α-hetero) is 1. The largest absolute Gasteiger partial charge is 0.360 e. The van der Waals surface area contributed by atoms with Gasteiger partial charge in [-0.1, -0.05) is 30.0 Å². The molecular formula is C16H11N3OS2. The molecule has 0 atom stereocenters. The van der Waals surface area contributed by atoms with E-state index in [0.717, 1.165) is 31.7 Å². The van der Waals surface area contributed by atoms with Crippen LogP contribution in [0.2, 0.25) is 0 Å². The van der Waals surface area contributed by atoms with Gasteiger partial charge in [0.15, 0.2) is 5.78 Å². The minimum absolute atomic E-state index is 0.103. The first-order valence-corrected chi connectivity index (χ1v) is 8.60. The van der Waals surface area contributed by atoms with Gasteiger partial charge in [0, 0.05) is 22.7 Å². The quantitative estimate of drug-likeness (QED) is 0.348. The Morgan fingerprint density at radius 1 is 1.23 bits per heavy atom. The molecular weight excluding hydrogens is 314 g/mol. The highest BCUT2D eigenvalue weighted by Crippen LogP contribution is 2.29. The molecule has 0 bridgehead atoms. The van der Waals surface area contributed by atoms with Crippen molar-refractivity contribution in [3.63, 3.8) is 0 Å². The normalized spacial score (nSPS) is 11.3. The zero-order valence-corrected chi connectivity index (χ0v) is 13.1. The van der Waals surface area contributed by atoms with E-state index >= 15 is 0 Å². The van der Waals surface area contributed by atoms with Crippen LogP contribution in [0.3, 0.4) is 0 Å². The Kier molecular flexibility index (Phi) is 3.40. The van der Waals surface area contributed by atoms with Crippen molar-refractivity contribution in [2.45, 2.75) is 5.03 Å². The van der Waals surface area contributed by atoms with E-state index in [1.165, 1.54) is 11.8 Å². The highest BCUT2D eigenvalue weighted by Gasteiger charge is 2.14. The van der Waals surface area contributed by atoms with Crippen molar-refractivity contribution >= 4 is 50.0 Å². The minimum atomic E-state index is 0.103. The van der Waals surface area contributed by atoms with Crippen LogP contribution in [0.25, 0.3) is 21.1 Å². The first kappa shape index (κ1) is 13.5. The molecule has 0 aliphatic carbocycles. The Labute approximate surface area is 134 Å². The maximum Gasteiger partial charge on any atom is 0.175 e. The van der Waals surface area contributed by atoms with Crippen LogP contribution in [0.1, 0.15) is 10.4 Å². The van der Waals surface area contributed by atoms with Gasteiger partial charge >= 0.3 is 0 Å². The summed E-state index contributed by atoms with van der Waals surface area (Å²) < 4.78 is 1.04. The molecule has 1 N–H and O–H groups in total. The molecule has 4 nitrogen and oxygen atoms in total. The molecule has 108 valence electrons. The van der Waals surface area contributed by atoms with Gasteiger partial charge in [-0.2, -0.15) is 0 Å². The number of fused-ring (bicyclic) bond motifs is 2. The molecule has 0 spiro atoms. The summed E-state index contributed by atoms with van der Waals surface area (Å²) in [6.45, 7) is 0. The van der Waals surface area contributed by atoms with E-state index in [1.54, 1.807) is 23.9 Å². The van der Waals surface area contributed by atoms with E-state index in [1.807, 2.05) is 35.7 Å². The van der Waals surface area contributed by atoms with Crippen LogP contribution < -0.4 is 0 Å². The number of ketones is 1. The summed E-state index contributed by atoms with van der Waals surface area (Å²) in [6, 6.07) is 9.80. The molecule has 0 saturated carbocycles. The molecule has 0 radical (unpaired) electrons. The number of nitrogens with zero attached hydrogens (tertiary/aromatic N) is 2. The van der Waals surface area contributed by atoms with Crippen LogP contribution >= 0.6 is 23.1 Å². The van der Waals surface area contributed by atoms with Crippen LogP contribution in [0.15, 0.2) is 53.3 Å². The molecule has 0 fully saturated rings. The van der Waals surface area contributed by atoms with Crippen LogP contribution in [0, 0.1) is 0 Å². The van der Waals surface area contributed by atoms with E-state index in [4.69, 9.17) is 0 Å². The molecule has 6 heteroatoms. The SMILES string of the molecule is O=C(CSc1ncnc2ccsc12)c1c[nH]c2ccccc12. The van der Waals surface area contributed by atoms with Gasteiger partial charge in [-0.05, 0) is 17.5 Å². The third-order valence-electron chi connectivity index (χ3n) is 3.44. The summed E-state index contributed by atoms with van der Waals surface area (Å²) in [4.78, 5) is 24.1. The van der Waals surface area contributed by atoms with Crippen molar-refractivity contribution in [3.8, 4) is 0 Å². The second kappa shape index (κ2) is 5.55. The fourth-order valence-electron chi connectivity index (χ4n) is 2.38. The Balaban J connectivity index is 1.59. The van der Waals surface area contributed by atoms with E-state index in [2.05, 4.69) is 15.0 Å². The summed E-state index contributed by atoms with van der Waals surface area (Å²) in [5.74, 6) is 0.469. The predicted octanol–water partition coefficient (Wildman–Crippen LogP) is 4.15. The number of carbonyl (C=O) groups is 1. The lowest BCUT2D eigenvalue weighted by atomic mass is 10.1. The van der Waals surface area contributed by atoms with Gasteiger partial charge in [-0.15, -0.1) is 11.3 Å². The summed E-state index contributed by atoms with van der Waals surface area (Å²) >= 11 is 3.07. The zero-order chi connectivity index (χ0) is 14.9. The fraction of sp³-hybridized carbons (Fsp3) is 0.0625. The molecule has 0 unspecified atom stereocenters. The number of aromatic amines is 1. The van der Waals surface area contributed by atoms with Gasteiger partial charge in [0.2, 0.25) is 0 Å². The lowest BCUT2D eigenvalue weighted by molar-refractivity contribution is 0.102. The van der Waals surface area contributed by atoms with E-state index < -0.39 is 0 Å². The second-order valence-electron chi connectivity index (χ2n) is 4.77. The molecule has 0 aliphatic rings. The average molecular weight is 325 g/mol. The van der Waals surface area contributed by atoms with E-state index in [0.29, 0.717) is 5.75 Å². The van der Waals surface area contributed by atoms with E-state index in [9.17, 15) is 4.79 Å². The molecule has 4 aromatic rings. The smallest absolute Gasteiger partial charge is 0.175 e. The lowest BCUT2D eigenvalue weighted by Crippen LogP contribution is -2.01. The standard InChI is InChI=1S/C16H11N3OS2/c20-14(11-7-17-12-4-2-1-3-10(11)12)8-22-16-15-13(5-6-21-15)18-9-19-16/h1-7,9,17H,8H2.